The third-order valence-corrected chi connectivity index (χ3v) is 4.29. The van der Waals surface area contributed by atoms with Crippen molar-refractivity contribution >= 4 is 50.6 Å². The van der Waals surface area contributed by atoms with Gasteiger partial charge < -0.3 is 9.47 Å². The van der Waals surface area contributed by atoms with Crippen molar-refractivity contribution in [2.24, 2.45) is 0 Å². The fourth-order valence-electron chi connectivity index (χ4n) is 1.48. The molecule has 2 aromatic rings. The van der Waals surface area contributed by atoms with Gasteiger partial charge in [0.15, 0.2) is 0 Å². The smallest absolute Gasteiger partial charge is 0.349 e. The number of esters is 1. The highest BCUT2D eigenvalue weighted by Gasteiger charge is 2.20. The fourth-order valence-corrected chi connectivity index (χ4v) is 3.39. The van der Waals surface area contributed by atoms with E-state index in [-0.39, 0.29) is 0 Å². The number of benzene rings is 1. The Morgan fingerprint density at radius 1 is 1.24 bits per heavy atom. The molecule has 0 bridgehead atoms. The monoisotopic (exact) mass is 290 g/mol. The Kier molecular flexibility index (Phi) is 3.47. The maximum atomic E-state index is 11.5. The van der Waals surface area contributed by atoms with E-state index in [1.54, 1.807) is 6.07 Å². The lowest BCUT2D eigenvalue weighted by atomic mass is 10.2. The Bertz CT molecular complexity index is 592. The number of halogens is 2. The van der Waals surface area contributed by atoms with Crippen molar-refractivity contribution in [1.29, 1.82) is 0 Å². The second-order valence-corrected chi connectivity index (χ2v) is 5.00. The molecule has 1 heterocycles. The van der Waals surface area contributed by atoms with Gasteiger partial charge in [0.1, 0.15) is 10.6 Å². The van der Waals surface area contributed by atoms with Crippen LogP contribution in [-0.2, 0) is 4.74 Å². The average Bonchev–Trinajstić information content (AvgIpc) is 2.67. The van der Waals surface area contributed by atoms with Crippen LogP contribution in [0.15, 0.2) is 12.1 Å². The van der Waals surface area contributed by atoms with Crippen LogP contribution in [0.4, 0.5) is 0 Å². The molecule has 0 saturated carbocycles. The van der Waals surface area contributed by atoms with Crippen molar-refractivity contribution in [3.63, 3.8) is 0 Å². The van der Waals surface area contributed by atoms with Crippen molar-refractivity contribution in [3.05, 3.63) is 27.1 Å². The summed E-state index contributed by atoms with van der Waals surface area (Å²) in [5.74, 6) is 0.0570. The molecule has 90 valence electrons. The number of hydrogen-bond donors (Lipinski definition) is 0. The van der Waals surface area contributed by atoms with Crippen LogP contribution in [0.1, 0.15) is 9.67 Å². The first-order valence-electron chi connectivity index (χ1n) is 4.63. The molecule has 1 aromatic carbocycles. The Balaban J connectivity index is 2.75. The molecular weight excluding hydrogens is 283 g/mol. The SMILES string of the molecule is COC(=O)c1sc2ccc(OC)c(Cl)c2c1Cl. The molecule has 0 atom stereocenters. The lowest BCUT2D eigenvalue weighted by molar-refractivity contribution is 0.0606. The van der Waals surface area contributed by atoms with Gasteiger partial charge in [-0.15, -0.1) is 11.3 Å². The van der Waals surface area contributed by atoms with Crippen LogP contribution < -0.4 is 4.74 Å². The predicted octanol–water partition coefficient (Wildman–Crippen LogP) is 4.00. The predicted molar refractivity (Wildman–Crippen MR) is 69.7 cm³/mol. The highest BCUT2D eigenvalue weighted by Crippen LogP contribution is 2.43. The number of fused-ring (bicyclic) bond motifs is 1. The lowest BCUT2D eigenvalue weighted by Gasteiger charge is -2.03. The maximum absolute atomic E-state index is 11.5. The van der Waals surface area contributed by atoms with Crippen LogP contribution in [-0.4, -0.2) is 20.2 Å². The molecular formula is C11H8Cl2O3S. The summed E-state index contributed by atoms with van der Waals surface area (Å²) in [5, 5.41) is 1.33. The first-order chi connectivity index (χ1) is 8.10. The minimum Gasteiger partial charge on any atom is -0.495 e. The van der Waals surface area contributed by atoms with Gasteiger partial charge in [-0.05, 0) is 12.1 Å². The Labute approximate surface area is 112 Å². The number of rotatable bonds is 2. The number of carbonyl (C=O) groups excluding carboxylic acids is 1. The molecule has 0 radical (unpaired) electrons. The van der Waals surface area contributed by atoms with E-state index in [9.17, 15) is 4.79 Å². The van der Waals surface area contributed by atoms with Crippen LogP contribution in [0.2, 0.25) is 10.0 Å². The zero-order valence-corrected chi connectivity index (χ0v) is 11.4. The molecule has 0 amide bonds. The number of ether oxygens (including phenoxy) is 2. The second kappa shape index (κ2) is 4.72. The molecule has 17 heavy (non-hydrogen) atoms. The average molecular weight is 291 g/mol. The molecule has 2 rings (SSSR count). The third kappa shape index (κ3) is 1.97. The van der Waals surface area contributed by atoms with E-state index in [0.29, 0.717) is 26.1 Å². The normalized spacial score (nSPS) is 10.6. The van der Waals surface area contributed by atoms with Crippen molar-refractivity contribution in [1.82, 2.24) is 0 Å². The van der Waals surface area contributed by atoms with E-state index >= 15 is 0 Å². The van der Waals surface area contributed by atoms with Crippen molar-refractivity contribution in [3.8, 4) is 5.75 Å². The van der Waals surface area contributed by atoms with Gasteiger partial charge in [-0.3, -0.25) is 0 Å². The fraction of sp³-hybridized carbons (Fsp3) is 0.182. The Hall–Kier alpha value is -0.970. The molecule has 0 N–H and O–H groups in total. The summed E-state index contributed by atoms with van der Waals surface area (Å²) in [7, 11) is 2.83. The highest BCUT2D eigenvalue weighted by molar-refractivity contribution is 7.21. The number of carbonyl (C=O) groups is 1. The van der Waals surface area contributed by atoms with E-state index in [1.165, 1.54) is 25.6 Å². The molecule has 6 heteroatoms. The first kappa shape index (κ1) is 12.5. The second-order valence-electron chi connectivity index (χ2n) is 3.19. The van der Waals surface area contributed by atoms with Crippen LogP contribution in [0.5, 0.6) is 5.75 Å². The van der Waals surface area contributed by atoms with E-state index in [1.807, 2.05) is 6.07 Å². The third-order valence-electron chi connectivity index (χ3n) is 2.29. The van der Waals surface area contributed by atoms with Gasteiger partial charge in [0.2, 0.25) is 0 Å². The lowest BCUT2D eigenvalue weighted by Crippen LogP contribution is -1.98. The molecule has 0 aliphatic rings. The van der Waals surface area contributed by atoms with Gasteiger partial charge >= 0.3 is 5.97 Å². The summed E-state index contributed by atoms with van der Waals surface area (Å²) in [6.45, 7) is 0. The Morgan fingerprint density at radius 3 is 2.53 bits per heavy atom. The molecule has 0 aliphatic heterocycles. The first-order valence-corrected chi connectivity index (χ1v) is 6.20. The largest absolute Gasteiger partial charge is 0.495 e. The highest BCUT2D eigenvalue weighted by atomic mass is 35.5. The van der Waals surface area contributed by atoms with E-state index in [0.717, 1.165) is 4.70 Å². The van der Waals surface area contributed by atoms with Gasteiger partial charge in [-0.2, -0.15) is 0 Å². The minimum absolute atomic E-state index is 0.306. The van der Waals surface area contributed by atoms with Crippen LogP contribution in [0.25, 0.3) is 10.1 Å². The van der Waals surface area contributed by atoms with E-state index in [4.69, 9.17) is 27.9 Å². The van der Waals surface area contributed by atoms with Crippen molar-refractivity contribution in [2.75, 3.05) is 14.2 Å². The van der Waals surface area contributed by atoms with Gasteiger partial charge in [0, 0.05) is 10.1 Å². The number of methoxy groups -OCH3 is 2. The van der Waals surface area contributed by atoms with E-state index in [2.05, 4.69) is 4.74 Å². The summed E-state index contributed by atoms with van der Waals surface area (Å²) >= 11 is 13.5. The molecule has 0 unspecified atom stereocenters. The molecule has 0 aliphatic carbocycles. The summed E-state index contributed by atoms with van der Waals surface area (Å²) in [6.07, 6.45) is 0. The zero-order valence-electron chi connectivity index (χ0n) is 9.04. The van der Waals surface area contributed by atoms with Gasteiger partial charge in [0.05, 0.1) is 24.3 Å². The Morgan fingerprint density at radius 2 is 1.94 bits per heavy atom. The van der Waals surface area contributed by atoms with Crippen molar-refractivity contribution < 1.29 is 14.3 Å². The van der Waals surface area contributed by atoms with E-state index < -0.39 is 5.97 Å². The van der Waals surface area contributed by atoms with Crippen LogP contribution >= 0.6 is 34.5 Å². The van der Waals surface area contributed by atoms with Crippen LogP contribution in [0.3, 0.4) is 0 Å². The van der Waals surface area contributed by atoms with Gasteiger partial charge in [-0.25, -0.2) is 4.79 Å². The standard InChI is InChI=1S/C11H8Cl2O3S/c1-15-5-3-4-6-7(8(5)12)9(13)10(17-6)11(14)16-2/h3-4H,1-2H3. The topological polar surface area (TPSA) is 35.5 Å². The molecule has 1 aromatic heterocycles. The van der Waals surface area contributed by atoms with Crippen LogP contribution in [0, 0.1) is 0 Å². The van der Waals surface area contributed by atoms with Gasteiger partial charge in [0.25, 0.3) is 0 Å². The summed E-state index contributed by atoms with van der Waals surface area (Å²) in [4.78, 5) is 11.8. The molecule has 3 nitrogen and oxygen atoms in total. The number of thiophene rings is 1. The number of hydrogen-bond acceptors (Lipinski definition) is 4. The summed E-state index contributed by atoms with van der Waals surface area (Å²) in [5.41, 5.74) is 0. The molecule has 0 fully saturated rings. The van der Waals surface area contributed by atoms with Gasteiger partial charge in [-0.1, -0.05) is 23.2 Å². The van der Waals surface area contributed by atoms with Crippen molar-refractivity contribution in [2.45, 2.75) is 0 Å². The summed E-state index contributed by atoms with van der Waals surface area (Å²) < 4.78 is 10.6. The minimum atomic E-state index is -0.466. The summed E-state index contributed by atoms with van der Waals surface area (Å²) in [6, 6.07) is 3.54. The quantitative estimate of drug-likeness (QED) is 0.784. The molecule has 0 saturated heterocycles. The zero-order chi connectivity index (χ0) is 12.6. The molecule has 0 spiro atoms. The maximum Gasteiger partial charge on any atom is 0.349 e.